The maximum absolute atomic E-state index is 4.20. The van der Waals surface area contributed by atoms with Gasteiger partial charge in [0.05, 0.1) is 12.0 Å². The summed E-state index contributed by atoms with van der Waals surface area (Å²) in [5.74, 6) is 0. The van der Waals surface area contributed by atoms with Crippen LogP contribution in [0.25, 0.3) is 11.3 Å². The molecule has 0 atom stereocenters. The summed E-state index contributed by atoms with van der Waals surface area (Å²) in [4.78, 5) is 4.20. The summed E-state index contributed by atoms with van der Waals surface area (Å²) >= 11 is 0. The van der Waals surface area contributed by atoms with Crippen molar-refractivity contribution in [3.8, 4) is 0 Å². The van der Waals surface area contributed by atoms with Crippen LogP contribution in [-0.2, 0) is 12.8 Å². The normalized spacial score (nSPS) is 18.3. The van der Waals surface area contributed by atoms with Gasteiger partial charge in [-0.1, -0.05) is 36.4 Å². The quantitative estimate of drug-likeness (QED) is 0.791. The lowest BCUT2D eigenvalue weighted by Crippen LogP contribution is -2.29. The van der Waals surface area contributed by atoms with Gasteiger partial charge in [0.15, 0.2) is 0 Å². The van der Waals surface area contributed by atoms with Crippen molar-refractivity contribution in [2.24, 2.45) is 0 Å². The number of imidazole rings is 1. The van der Waals surface area contributed by atoms with Gasteiger partial charge in [-0.05, 0) is 59.3 Å². The van der Waals surface area contributed by atoms with Crippen molar-refractivity contribution in [3.05, 3.63) is 88.4 Å². The van der Waals surface area contributed by atoms with Crippen LogP contribution in [-0.4, -0.2) is 9.55 Å². The monoisotopic (exact) mass is 298 g/mol. The van der Waals surface area contributed by atoms with E-state index in [-0.39, 0.29) is 0 Å². The smallest absolute Gasteiger partial charge is 0.0991 e. The minimum Gasteiger partial charge on any atom is -0.306 e. The predicted molar refractivity (Wildman–Crippen MR) is 93.1 cm³/mol. The molecule has 3 aliphatic rings. The standard InChI is InChI=1S/C21H18N2/c1-2-5-16-15(4-1)8-9-19-17-6-3-7-21(23-13-12-22-14-23)20(17)11-10-18(16)19/h2-3,5,7-8,10-14H,1,4,6,9H2. The van der Waals surface area contributed by atoms with Crippen molar-refractivity contribution in [1.82, 2.24) is 9.55 Å². The molecule has 0 saturated carbocycles. The minimum atomic E-state index is 1.02. The second-order valence-electron chi connectivity index (χ2n) is 6.37. The number of rotatable bonds is 1. The molecule has 3 aliphatic carbocycles. The fourth-order valence-electron chi connectivity index (χ4n) is 4.04. The lowest BCUT2D eigenvalue weighted by atomic mass is 9.83. The molecular weight excluding hydrogens is 280 g/mol. The van der Waals surface area contributed by atoms with Gasteiger partial charge in [-0.2, -0.15) is 0 Å². The van der Waals surface area contributed by atoms with Gasteiger partial charge in [0.2, 0.25) is 0 Å². The molecule has 2 heteroatoms. The van der Waals surface area contributed by atoms with E-state index < -0.39 is 0 Å². The molecule has 1 aromatic heterocycles. The molecule has 5 rings (SSSR count). The van der Waals surface area contributed by atoms with Crippen LogP contribution in [0.1, 0.15) is 24.0 Å². The second-order valence-corrected chi connectivity index (χ2v) is 6.37. The highest BCUT2D eigenvalue weighted by molar-refractivity contribution is 5.77. The fourth-order valence-corrected chi connectivity index (χ4v) is 4.04. The number of hydrogen-bond acceptors (Lipinski definition) is 1. The van der Waals surface area contributed by atoms with Crippen LogP contribution in [0.4, 0.5) is 0 Å². The summed E-state index contributed by atoms with van der Waals surface area (Å²) in [6.07, 6.45) is 21.8. The predicted octanol–water partition coefficient (Wildman–Crippen LogP) is 2.64. The van der Waals surface area contributed by atoms with E-state index >= 15 is 0 Å². The zero-order valence-corrected chi connectivity index (χ0v) is 13.0. The molecule has 112 valence electrons. The van der Waals surface area contributed by atoms with Gasteiger partial charge in [-0.3, -0.25) is 0 Å². The Hall–Kier alpha value is -2.61. The fraction of sp³-hybridized carbons (Fsp3) is 0.190. The summed E-state index contributed by atoms with van der Waals surface area (Å²) in [6, 6.07) is 4.62. The van der Waals surface area contributed by atoms with Gasteiger partial charge in [0.1, 0.15) is 0 Å². The lowest BCUT2D eigenvalue weighted by molar-refractivity contribution is 0.960. The Balaban J connectivity index is 1.85. The Morgan fingerprint density at radius 2 is 1.87 bits per heavy atom. The Morgan fingerprint density at radius 3 is 2.78 bits per heavy atom. The van der Waals surface area contributed by atoms with E-state index in [9.17, 15) is 0 Å². The number of nitrogens with zero attached hydrogens (tertiary/aromatic N) is 2. The number of fused-ring (bicyclic) bond motifs is 4. The Morgan fingerprint density at radius 1 is 0.957 bits per heavy atom. The average Bonchev–Trinajstić information content (AvgIpc) is 3.15. The Labute approximate surface area is 135 Å². The van der Waals surface area contributed by atoms with Gasteiger partial charge in [-0.25, -0.2) is 4.98 Å². The first kappa shape index (κ1) is 12.9. The SMILES string of the molecule is C1=CC2=c3ccc4c(c3CC=C2CC1)CC=CC=4n1ccnc1. The van der Waals surface area contributed by atoms with Crippen molar-refractivity contribution < 1.29 is 0 Å². The molecular formula is C21H18N2. The molecule has 0 N–H and O–H groups in total. The van der Waals surface area contributed by atoms with Gasteiger partial charge in [0, 0.05) is 17.6 Å². The van der Waals surface area contributed by atoms with Gasteiger partial charge < -0.3 is 4.57 Å². The van der Waals surface area contributed by atoms with Crippen molar-refractivity contribution in [1.29, 1.82) is 0 Å². The van der Waals surface area contributed by atoms with Crippen LogP contribution in [0.5, 0.6) is 0 Å². The zero-order chi connectivity index (χ0) is 15.2. The van der Waals surface area contributed by atoms with Crippen LogP contribution < -0.4 is 10.4 Å². The Bertz CT molecular complexity index is 999. The highest BCUT2D eigenvalue weighted by Gasteiger charge is 2.18. The van der Waals surface area contributed by atoms with E-state index in [4.69, 9.17) is 0 Å². The third kappa shape index (κ3) is 1.91. The highest BCUT2D eigenvalue weighted by Crippen LogP contribution is 2.27. The van der Waals surface area contributed by atoms with Gasteiger partial charge in [-0.15, -0.1) is 0 Å². The molecule has 0 amide bonds. The molecule has 1 heterocycles. The molecule has 23 heavy (non-hydrogen) atoms. The molecule has 2 nitrogen and oxygen atoms in total. The number of benzene rings is 1. The molecule has 0 unspecified atom stereocenters. The molecule has 0 spiro atoms. The van der Waals surface area contributed by atoms with E-state index in [1.165, 1.54) is 51.2 Å². The molecule has 0 saturated heterocycles. The van der Waals surface area contributed by atoms with Crippen molar-refractivity contribution in [3.63, 3.8) is 0 Å². The van der Waals surface area contributed by atoms with Crippen LogP contribution in [0, 0.1) is 0 Å². The molecule has 0 aliphatic heterocycles. The van der Waals surface area contributed by atoms with E-state index in [2.05, 4.69) is 52.1 Å². The van der Waals surface area contributed by atoms with Crippen LogP contribution in [0.2, 0.25) is 0 Å². The Kier molecular flexibility index (Phi) is 2.77. The van der Waals surface area contributed by atoms with Crippen molar-refractivity contribution in [2.75, 3.05) is 0 Å². The maximum Gasteiger partial charge on any atom is 0.0991 e. The second kappa shape index (κ2) is 4.95. The third-order valence-corrected chi connectivity index (χ3v) is 5.14. The minimum absolute atomic E-state index is 1.02. The topological polar surface area (TPSA) is 17.8 Å². The summed E-state index contributed by atoms with van der Waals surface area (Å²) in [5.41, 5.74) is 7.19. The summed E-state index contributed by atoms with van der Waals surface area (Å²) in [5, 5.41) is 2.79. The van der Waals surface area contributed by atoms with Crippen molar-refractivity contribution >= 4 is 11.3 Å². The largest absolute Gasteiger partial charge is 0.306 e. The first-order valence-corrected chi connectivity index (χ1v) is 8.32. The van der Waals surface area contributed by atoms with Crippen molar-refractivity contribution in [2.45, 2.75) is 25.7 Å². The average molecular weight is 298 g/mol. The van der Waals surface area contributed by atoms with E-state index in [0.29, 0.717) is 0 Å². The molecule has 0 radical (unpaired) electrons. The van der Waals surface area contributed by atoms with Gasteiger partial charge >= 0.3 is 0 Å². The van der Waals surface area contributed by atoms with E-state index in [1.54, 1.807) is 0 Å². The molecule has 0 bridgehead atoms. The molecule has 0 fully saturated rings. The third-order valence-electron chi connectivity index (χ3n) is 5.14. The van der Waals surface area contributed by atoms with Crippen LogP contribution in [0.3, 0.4) is 0 Å². The summed E-state index contributed by atoms with van der Waals surface area (Å²) < 4.78 is 2.11. The van der Waals surface area contributed by atoms with Gasteiger partial charge in [0.25, 0.3) is 0 Å². The molecule has 2 aromatic rings. The summed E-state index contributed by atoms with van der Waals surface area (Å²) in [6.45, 7) is 0. The zero-order valence-electron chi connectivity index (χ0n) is 13.0. The van der Waals surface area contributed by atoms with E-state index in [1.807, 2.05) is 18.7 Å². The molecule has 1 aromatic carbocycles. The first-order chi connectivity index (χ1) is 11.4. The van der Waals surface area contributed by atoms with Crippen LogP contribution in [0.15, 0.2) is 66.8 Å². The first-order valence-electron chi connectivity index (χ1n) is 8.32. The number of aromatic nitrogens is 2. The van der Waals surface area contributed by atoms with E-state index in [0.717, 1.165) is 12.8 Å². The number of allylic oxidation sites excluding steroid dienone is 6. The summed E-state index contributed by atoms with van der Waals surface area (Å²) in [7, 11) is 0. The lowest BCUT2D eigenvalue weighted by Gasteiger charge is -2.22. The van der Waals surface area contributed by atoms with Crippen LogP contribution >= 0.6 is 0 Å². The highest BCUT2D eigenvalue weighted by atomic mass is 15.0. The maximum atomic E-state index is 4.20. The number of hydrogen-bond donors (Lipinski definition) is 0.